The standard InChI is InChI=1S/C15H22N4O2/c16-19-8-6-17(7-9-19)14-10-18(11-14)15(20)21-12-13-4-2-1-3-5-13/h1-5,14H,6-12,16H2. The van der Waals surface area contributed by atoms with Crippen LogP contribution in [0.15, 0.2) is 30.3 Å². The molecule has 0 radical (unpaired) electrons. The number of hydrogen-bond donors (Lipinski definition) is 1. The van der Waals surface area contributed by atoms with E-state index in [0.717, 1.165) is 44.8 Å². The first kappa shape index (κ1) is 14.3. The van der Waals surface area contributed by atoms with Gasteiger partial charge < -0.3 is 9.64 Å². The van der Waals surface area contributed by atoms with Crippen molar-refractivity contribution in [2.45, 2.75) is 12.6 Å². The molecule has 0 atom stereocenters. The lowest BCUT2D eigenvalue weighted by molar-refractivity contribution is -0.000475. The van der Waals surface area contributed by atoms with Gasteiger partial charge in [0.1, 0.15) is 6.61 Å². The summed E-state index contributed by atoms with van der Waals surface area (Å²) in [5.41, 5.74) is 1.02. The first-order chi connectivity index (χ1) is 10.2. The Morgan fingerprint density at radius 1 is 1.14 bits per heavy atom. The Bertz CT molecular complexity index is 468. The van der Waals surface area contributed by atoms with E-state index in [9.17, 15) is 4.79 Å². The third kappa shape index (κ3) is 3.53. The molecule has 114 valence electrons. The number of nitrogens with two attached hydrogens (primary N) is 1. The summed E-state index contributed by atoms with van der Waals surface area (Å²) in [4.78, 5) is 16.1. The van der Waals surface area contributed by atoms with Crippen molar-refractivity contribution in [3.8, 4) is 0 Å². The number of benzene rings is 1. The second-order valence-corrected chi connectivity index (χ2v) is 5.67. The second-order valence-electron chi connectivity index (χ2n) is 5.67. The van der Waals surface area contributed by atoms with Gasteiger partial charge in [-0.15, -0.1) is 0 Å². The zero-order valence-electron chi connectivity index (χ0n) is 12.1. The van der Waals surface area contributed by atoms with Crippen LogP contribution in [0.25, 0.3) is 0 Å². The van der Waals surface area contributed by atoms with Gasteiger partial charge in [0.15, 0.2) is 0 Å². The van der Waals surface area contributed by atoms with Crippen LogP contribution < -0.4 is 5.84 Å². The van der Waals surface area contributed by atoms with Crippen LogP contribution >= 0.6 is 0 Å². The topological polar surface area (TPSA) is 62.0 Å². The van der Waals surface area contributed by atoms with E-state index >= 15 is 0 Å². The molecular weight excluding hydrogens is 268 g/mol. The Balaban J connectivity index is 1.38. The van der Waals surface area contributed by atoms with Crippen LogP contribution in [0.4, 0.5) is 4.79 Å². The van der Waals surface area contributed by atoms with E-state index in [1.807, 2.05) is 35.3 Å². The first-order valence-corrected chi connectivity index (χ1v) is 7.42. The lowest BCUT2D eigenvalue weighted by atomic mass is 10.1. The third-order valence-electron chi connectivity index (χ3n) is 4.19. The van der Waals surface area contributed by atoms with Crippen molar-refractivity contribution in [3.63, 3.8) is 0 Å². The summed E-state index contributed by atoms with van der Waals surface area (Å²) in [6.45, 7) is 5.62. The van der Waals surface area contributed by atoms with E-state index in [4.69, 9.17) is 10.6 Å². The van der Waals surface area contributed by atoms with Gasteiger partial charge >= 0.3 is 6.09 Å². The highest BCUT2D eigenvalue weighted by atomic mass is 16.6. The highest BCUT2D eigenvalue weighted by molar-refractivity contribution is 5.68. The molecule has 0 unspecified atom stereocenters. The number of ether oxygens (including phenoxy) is 1. The highest BCUT2D eigenvalue weighted by Gasteiger charge is 2.36. The Morgan fingerprint density at radius 3 is 2.48 bits per heavy atom. The van der Waals surface area contributed by atoms with Crippen LogP contribution in [-0.2, 0) is 11.3 Å². The van der Waals surface area contributed by atoms with Gasteiger partial charge in [-0.1, -0.05) is 30.3 Å². The quantitative estimate of drug-likeness (QED) is 0.821. The van der Waals surface area contributed by atoms with Gasteiger partial charge in [-0.25, -0.2) is 9.80 Å². The smallest absolute Gasteiger partial charge is 0.410 e. The van der Waals surface area contributed by atoms with Gasteiger partial charge in [0.05, 0.1) is 0 Å². The fourth-order valence-electron chi connectivity index (χ4n) is 2.75. The predicted octanol–water partition coefficient (Wildman–Crippen LogP) is 0.499. The van der Waals surface area contributed by atoms with Crippen molar-refractivity contribution in [1.29, 1.82) is 0 Å². The minimum absolute atomic E-state index is 0.215. The average Bonchev–Trinajstić information content (AvgIpc) is 2.47. The van der Waals surface area contributed by atoms with E-state index in [2.05, 4.69) is 4.90 Å². The van der Waals surface area contributed by atoms with E-state index in [0.29, 0.717) is 12.6 Å². The maximum atomic E-state index is 11.9. The average molecular weight is 290 g/mol. The van der Waals surface area contributed by atoms with Crippen molar-refractivity contribution < 1.29 is 9.53 Å². The van der Waals surface area contributed by atoms with Gasteiger partial charge in [0, 0.05) is 45.3 Å². The molecular formula is C15H22N4O2. The van der Waals surface area contributed by atoms with Crippen molar-refractivity contribution in [2.24, 2.45) is 5.84 Å². The fraction of sp³-hybridized carbons (Fsp3) is 0.533. The molecule has 2 aliphatic rings. The predicted molar refractivity (Wildman–Crippen MR) is 79.3 cm³/mol. The summed E-state index contributed by atoms with van der Waals surface area (Å²) >= 11 is 0. The van der Waals surface area contributed by atoms with E-state index in [-0.39, 0.29) is 6.09 Å². The number of hydrazine groups is 1. The summed E-state index contributed by atoms with van der Waals surface area (Å²) in [5, 5.41) is 1.85. The van der Waals surface area contributed by atoms with Crippen molar-refractivity contribution in [1.82, 2.24) is 14.8 Å². The molecule has 2 heterocycles. The van der Waals surface area contributed by atoms with E-state index in [1.165, 1.54) is 0 Å². The molecule has 0 aliphatic carbocycles. The van der Waals surface area contributed by atoms with Crippen LogP contribution in [0.2, 0.25) is 0 Å². The largest absolute Gasteiger partial charge is 0.445 e. The van der Waals surface area contributed by atoms with Crippen LogP contribution in [0.1, 0.15) is 5.56 Å². The second kappa shape index (κ2) is 6.43. The Hall–Kier alpha value is -1.63. The molecule has 0 saturated carbocycles. The normalized spacial score (nSPS) is 21.1. The number of likely N-dealkylation sites (tertiary alicyclic amines) is 1. The maximum absolute atomic E-state index is 11.9. The summed E-state index contributed by atoms with van der Waals surface area (Å²) in [7, 11) is 0. The number of carbonyl (C=O) groups excluding carboxylic acids is 1. The van der Waals surface area contributed by atoms with Gasteiger partial charge in [0.25, 0.3) is 0 Å². The summed E-state index contributed by atoms with van der Waals surface area (Å²) in [6, 6.07) is 10.2. The van der Waals surface area contributed by atoms with Crippen molar-refractivity contribution in [2.75, 3.05) is 39.3 Å². The number of piperazine rings is 1. The minimum atomic E-state index is -0.215. The number of nitrogens with zero attached hydrogens (tertiary/aromatic N) is 3. The zero-order valence-corrected chi connectivity index (χ0v) is 12.1. The molecule has 2 N–H and O–H groups in total. The summed E-state index contributed by atoms with van der Waals surface area (Å²) in [6.07, 6.45) is -0.215. The zero-order chi connectivity index (χ0) is 14.7. The molecule has 21 heavy (non-hydrogen) atoms. The summed E-state index contributed by atoms with van der Waals surface area (Å²) < 4.78 is 5.32. The Morgan fingerprint density at radius 2 is 1.81 bits per heavy atom. The maximum Gasteiger partial charge on any atom is 0.410 e. The van der Waals surface area contributed by atoms with Crippen LogP contribution in [-0.4, -0.2) is 66.2 Å². The number of carbonyl (C=O) groups is 1. The number of rotatable bonds is 3. The fourth-order valence-corrected chi connectivity index (χ4v) is 2.75. The molecule has 0 bridgehead atoms. The minimum Gasteiger partial charge on any atom is -0.445 e. The van der Waals surface area contributed by atoms with Crippen molar-refractivity contribution in [3.05, 3.63) is 35.9 Å². The van der Waals surface area contributed by atoms with Crippen molar-refractivity contribution >= 4 is 6.09 Å². The molecule has 2 aliphatic heterocycles. The molecule has 1 aromatic carbocycles. The summed E-state index contributed by atoms with van der Waals surface area (Å²) in [5.74, 6) is 5.75. The Kier molecular flexibility index (Phi) is 4.38. The molecule has 0 spiro atoms. The van der Waals surface area contributed by atoms with Gasteiger partial charge in [-0.05, 0) is 5.56 Å². The molecule has 6 heteroatoms. The van der Waals surface area contributed by atoms with Crippen LogP contribution in [0, 0.1) is 0 Å². The van der Waals surface area contributed by atoms with E-state index in [1.54, 1.807) is 4.90 Å². The molecule has 1 aromatic rings. The number of hydrogen-bond acceptors (Lipinski definition) is 5. The molecule has 3 rings (SSSR count). The monoisotopic (exact) mass is 290 g/mol. The third-order valence-corrected chi connectivity index (χ3v) is 4.19. The highest BCUT2D eigenvalue weighted by Crippen LogP contribution is 2.17. The SMILES string of the molecule is NN1CCN(C2CN(C(=O)OCc3ccccc3)C2)CC1. The molecule has 0 aromatic heterocycles. The van der Waals surface area contributed by atoms with E-state index < -0.39 is 0 Å². The lowest BCUT2D eigenvalue weighted by Crippen LogP contribution is -2.64. The number of amides is 1. The van der Waals surface area contributed by atoms with Crippen LogP contribution in [0.3, 0.4) is 0 Å². The first-order valence-electron chi connectivity index (χ1n) is 7.42. The van der Waals surface area contributed by atoms with Gasteiger partial charge in [-0.2, -0.15) is 0 Å². The lowest BCUT2D eigenvalue weighted by Gasteiger charge is -2.46. The van der Waals surface area contributed by atoms with Gasteiger partial charge in [0.2, 0.25) is 0 Å². The van der Waals surface area contributed by atoms with Gasteiger partial charge in [-0.3, -0.25) is 10.7 Å². The Labute approximate surface area is 125 Å². The molecule has 6 nitrogen and oxygen atoms in total. The molecule has 2 fully saturated rings. The molecule has 1 amide bonds. The van der Waals surface area contributed by atoms with Crippen LogP contribution in [0.5, 0.6) is 0 Å². The molecule has 2 saturated heterocycles.